The van der Waals surface area contributed by atoms with Crippen LogP contribution >= 0.6 is 0 Å². The molecule has 1 aliphatic heterocycles. The molecule has 0 aliphatic carbocycles. The highest BCUT2D eigenvalue weighted by Gasteiger charge is 2.38. The number of carbonyl (C=O) groups excluding carboxylic acids is 3. The summed E-state index contributed by atoms with van der Waals surface area (Å²) in [5.41, 5.74) is 5.94. The maximum Gasteiger partial charge on any atom is 0.326 e. The van der Waals surface area contributed by atoms with Gasteiger partial charge >= 0.3 is 11.9 Å². The van der Waals surface area contributed by atoms with Crippen molar-refractivity contribution in [2.24, 2.45) is 17.6 Å². The zero-order valence-electron chi connectivity index (χ0n) is 19.9. The monoisotopic (exact) mass is 470 g/mol. The Kier molecular flexibility index (Phi) is 11.3. The van der Waals surface area contributed by atoms with Gasteiger partial charge < -0.3 is 31.5 Å². The minimum atomic E-state index is -1.19. The molecule has 11 nitrogen and oxygen atoms in total. The van der Waals surface area contributed by atoms with Gasteiger partial charge in [-0.05, 0) is 37.5 Å². The fourth-order valence-corrected chi connectivity index (χ4v) is 3.77. The van der Waals surface area contributed by atoms with Gasteiger partial charge in [0.2, 0.25) is 17.7 Å². The zero-order valence-corrected chi connectivity index (χ0v) is 19.9. The number of carboxylic acids is 2. The lowest BCUT2D eigenvalue weighted by Gasteiger charge is -2.30. The average Bonchev–Trinajstić information content (AvgIpc) is 3.23. The number of rotatable bonds is 13. The SMILES string of the molecule is CCC(C)C(N)C(=O)NC(CCC(=O)O)C(=O)NC(CC(C)C)C(=O)N1CCCC1C(=O)O. The summed E-state index contributed by atoms with van der Waals surface area (Å²) < 4.78 is 0. The number of nitrogens with zero attached hydrogens (tertiary/aromatic N) is 1. The minimum Gasteiger partial charge on any atom is -0.481 e. The zero-order chi connectivity index (χ0) is 25.3. The van der Waals surface area contributed by atoms with E-state index in [-0.39, 0.29) is 37.6 Å². The molecule has 3 amide bonds. The van der Waals surface area contributed by atoms with Gasteiger partial charge in [-0.1, -0.05) is 34.1 Å². The second-order valence-electron chi connectivity index (χ2n) is 9.12. The first-order chi connectivity index (χ1) is 15.4. The predicted molar refractivity (Wildman–Crippen MR) is 120 cm³/mol. The maximum absolute atomic E-state index is 13.1. The van der Waals surface area contributed by atoms with E-state index in [0.29, 0.717) is 19.3 Å². The molecular formula is C22H38N4O7. The highest BCUT2D eigenvalue weighted by Crippen LogP contribution is 2.20. The average molecular weight is 471 g/mol. The molecule has 5 unspecified atom stereocenters. The number of amides is 3. The number of nitrogens with two attached hydrogens (primary N) is 1. The van der Waals surface area contributed by atoms with Crippen LogP contribution < -0.4 is 16.4 Å². The standard InChI is InChI=1S/C22H38N4O7/c1-5-13(4)18(23)20(30)24-14(8-9-17(27)28)19(29)25-15(11-12(2)3)21(31)26-10-6-7-16(26)22(32)33/h12-16,18H,5-11,23H2,1-4H3,(H,24,30)(H,25,29)(H,27,28)(H,32,33). The van der Waals surface area contributed by atoms with Crippen LogP contribution in [0.2, 0.25) is 0 Å². The number of hydrogen-bond acceptors (Lipinski definition) is 6. The van der Waals surface area contributed by atoms with Gasteiger partial charge in [0, 0.05) is 13.0 Å². The van der Waals surface area contributed by atoms with Crippen molar-refractivity contribution in [3.8, 4) is 0 Å². The van der Waals surface area contributed by atoms with Crippen molar-refractivity contribution in [2.45, 2.75) is 90.4 Å². The van der Waals surface area contributed by atoms with Crippen LogP contribution in [0.3, 0.4) is 0 Å². The predicted octanol–water partition coefficient (Wildman–Crippen LogP) is 0.316. The Labute approximate surface area is 194 Å². The van der Waals surface area contributed by atoms with Gasteiger partial charge in [-0.15, -0.1) is 0 Å². The third-order valence-electron chi connectivity index (χ3n) is 5.98. The largest absolute Gasteiger partial charge is 0.481 e. The molecule has 1 heterocycles. The van der Waals surface area contributed by atoms with E-state index in [9.17, 15) is 29.1 Å². The first-order valence-corrected chi connectivity index (χ1v) is 11.5. The third kappa shape index (κ3) is 8.64. The van der Waals surface area contributed by atoms with Crippen LogP contribution in [0.15, 0.2) is 0 Å². The maximum atomic E-state index is 13.1. The van der Waals surface area contributed by atoms with Crippen LogP contribution in [0.1, 0.15) is 66.2 Å². The number of nitrogens with one attached hydrogen (secondary N) is 2. The number of hydrogen-bond donors (Lipinski definition) is 5. The summed E-state index contributed by atoms with van der Waals surface area (Å²) in [6.45, 7) is 7.67. The summed E-state index contributed by atoms with van der Waals surface area (Å²) in [5, 5.41) is 23.6. The van der Waals surface area contributed by atoms with Crippen LogP contribution in [-0.4, -0.2) is 75.5 Å². The Morgan fingerprint density at radius 2 is 1.64 bits per heavy atom. The van der Waals surface area contributed by atoms with Crippen molar-refractivity contribution in [1.82, 2.24) is 15.5 Å². The molecule has 1 aliphatic rings. The second-order valence-corrected chi connectivity index (χ2v) is 9.12. The highest BCUT2D eigenvalue weighted by molar-refractivity contribution is 5.94. The van der Waals surface area contributed by atoms with Gasteiger partial charge in [0.05, 0.1) is 6.04 Å². The first-order valence-electron chi connectivity index (χ1n) is 11.5. The molecule has 11 heteroatoms. The van der Waals surface area contributed by atoms with Crippen molar-refractivity contribution in [1.29, 1.82) is 0 Å². The minimum absolute atomic E-state index is 0.0102. The second kappa shape index (κ2) is 13.1. The molecule has 1 saturated heterocycles. The van der Waals surface area contributed by atoms with E-state index in [1.165, 1.54) is 4.90 Å². The Morgan fingerprint density at radius 1 is 1.03 bits per heavy atom. The fourth-order valence-electron chi connectivity index (χ4n) is 3.77. The van der Waals surface area contributed by atoms with Crippen LogP contribution in [0, 0.1) is 11.8 Å². The lowest BCUT2D eigenvalue weighted by atomic mass is 9.98. The molecule has 0 spiro atoms. The van der Waals surface area contributed by atoms with Crippen molar-refractivity contribution < 1.29 is 34.2 Å². The number of carbonyl (C=O) groups is 5. The summed E-state index contributed by atoms with van der Waals surface area (Å²) in [6, 6.07) is -4.01. The molecular weight excluding hydrogens is 432 g/mol. The Balaban J connectivity index is 3.03. The summed E-state index contributed by atoms with van der Waals surface area (Å²) in [4.78, 5) is 62.5. The van der Waals surface area contributed by atoms with E-state index in [0.717, 1.165) is 0 Å². The molecule has 5 atom stereocenters. The van der Waals surface area contributed by atoms with E-state index >= 15 is 0 Å². The molecule has 188 valence electrons. The molecule has 1 rings (SSSR count). The van der Waals surface area contributed by atoms with Gasteiger partial charge in [0.15, 0.2) is 0 Å². The Bertz CT molecular complexity index is 728. The molecule has 0 radical (unpaired) electrons. The number of carboxylic acid groups (broad SMARTS) is 2. The lowest BCUT2D eigenvalue weighted by molar-refractivity contribution is -0.149. The van der Waals surface area contributed by atoms with Gasteiger partial charge in [-0.25, -0.2) is 4.79 Å². The topological polar surface area (TPSA) is 179 Å². The van der Waals surface area contributed by atoms with Crippen molar-refractivity contribution in [2.75, 3.05) is 6.54 Å². The Hall–Kier alpha value is -2.69. The van der Waals surface area contributed by atoms with Crippen molar-refractivity contribution in [3.63, 3.8) is 0 Å². The normalized spacial score (nSPS) is 19.5. The molecule has 1 fully saturated rings. The Morgan fingerprint density at radius 3 is 2.15 bits per heavy atom. The lowest BCUT2D eigenvalue weighted by Crippen LogP contribution is -2.57. The van der Waals surface area contributed by atoms with Gasteiger partial charge in [0.1, 0.15) is 18.1 Å². The smallest absolute Gasteiger partial charge is 0.326 e. The summed E-state index contributed by atoms with van der Waals surface area (Å²) in [7, 11) is 0. The van der Waals surface area contributed by atoms with Crippen molar-refractivity contribution in [3.05, 3.63) is 0 Å². The molecule has 0 aromatic rings. The van der Waals surface area contributed by atoms with Gasteiger partial charge in [-0.3, -0.25) is 19.2 Å². The number of likely N-dealkylation sites (tertiary alicyclic amines) is 1. The molecule has 0 aromatic heterocycles. The fraction of sp³-hybridized carbons (Fsp3) is 0.773. The van der Waals surface area contributed by atoms with Crippen LogP contribution in [-0.2, 0) is 24.0 Å². The van der Waals surface area contributed by atoms with Gasteiger partial charge in [-0.2, -0.15) is 0 Å². The molecule has 0 bridgehead atoms. The van der Waals surface area contributed by atoms with Gasteiger partial charge in [0.25, 0.3) is 0 Å². The van der Waals surface area contributed by atoms with E-state index in [1.807, 2.05) is 20.8 Å². The summed E-state index contributed by atoms with van der Waals surface area (Å²) in [6.07, 6.45) is 1.26. The molecule has 6 N–H and O–H groups in total. The summed E-state index contributed by atoms with van der Waals surface area (Å²) in [5.74, 6) is -4.15. The van der Waals surface area contributed by atoms with E-state index in [2.05, 4.69) is 10.6 Å². The molecule has 33 heavy (non-hydrogen) atoms. The third-order valence-corrected chi connectivity index (χ3v) is 5.98. The van der Waals surface area contributed by atoms with E-state index in [1.54, 1.807) is 6.92 Å². The number of aliphatic carboxylic acids is 2. The van der Waals surface area contributed by atoms with E-state index in [4.69, 9.17) is 10.8 Å². The van der Waals surface area contributed by atoms with Crippen LogP contribution in [0.25, 0.3) is 0 Å². The quantitative estimate of drug-likeness (QED) is 0.255. The van der Waals surface area contributed by atoms with Crippen LogP contribution in [0.5, 0.6) is 0 Å². The summed E-state index contributed by atoms with van der Waals surface area (Å²) >= 11 is 0. The first kappa shape index (κ1) is 28.3. The van der Waals surface area contributed by atoms with Crippen LogP contribution in [0.4, 0.5) is 0 Å². The highest BCUT2D eigenvalue weighted by atomic mass is 16.4. The molecule has 0 saturated carbocycles. The van der Waals surface area contributed by atoms with Crippen molar-refractivity contribution >= 4 is 29.7 Å². The molecule has 0 aromatic carbocycles. The van der Waals surface area contributed by atoms with E-state index < -0.39 is 53.8 Å².